The number of carbonyl (C=O) groups excluding carboxylic acids is 3. The molecule has 0 aliphatic rings. The van der Waals surface area contributed by atoms with Crippen molar-refractivity contribution in [3.63, 3.8) is 0 Å². The maximum absolute atomic E-state index is 12.2. The highest BCUT2D eigenvalue weighted by molar-refractivity contribution is 8.00. The van der Waals surface area contributed by atoms with E-state index >= 15 is 0 Å². The quantitative estimate of drug-likeness (QED) is 0.467. The Morgan fingerprint density at radius 1 is 1.07 bits per heavy atom. The predicted molar refractivity (Wildman–Crippen MR) is 107 cm³/mol. The number of nitrogens with two attached hydrogens (primary N) is 1. The van der Waals surface area contributed by atoms with Gasteiger partial charge in [-0.2, -0.15) is 0 Å². The van der Waals surface area contributed by atoms with Crippen molar-refractivity contribution in [2.75, 3.05) is 17.7 Å². The van der Waals surface area contributed by atoms with Crippen molar-refractivity contribution >= 4 is 35.2 Å². The third-order valence-corrected chi connectivity index (χ3v) is 4.63. The molecule has 28 heavy (non-hydrogen) atoms. The second-order valence-corrected chi connectivity index (χ2v) is 6.75. The Labute approximate surface area is 167 Å². The van der Waals surface area contributed by atoms with Gasteiger partial charge >= 0.3 is 5.97 Å². The lowest BCUT2D eigenvalue weighted by atomic mass is 10.2. The summed E-state index contributed by atoms with van der Waals surface area (Å²) in [5.74, 6) is -0.912. The highest BCUT2D eigenvalue weighted by Crippen LogP contribution is 2.26. The summed E-state index contributed by atoms with van der Waals surface area (Å²) < 4.78 is 10.7. The van der Waals surface area contributed by atoms with Crippen LogP contribution in [0.2, 0.25) is 0 Å². The van der Waals surface area contributed by atoms with Crippen molar-refractivity contribution in [1.82, 2.24) is 0 Å². The van der Waals surface area contributed by atoms with Crippen molar-refractivity contribution in [3.8, 4) is 5.75 Å². The molecule has 0 saturated heterocycles. The lowest BCUT2D eigenvalue weighted by Crippen LogP contribution is -2.31. The highest BCUT2D eigenvalue weighted by atomic mass is 32.2. The molecule has 0 radical (unpaired) electrons. The lowest BCUT2D eigenvalue weighted by molar-refractivity contribution is -0.154. The van der Waals surface area contributed by atoms with E-state index in [1.807, 2.05) is 6.07 Å². The van der Waals surface area contributed by atoms with E-state index in [0.29, 0.717) is 22.8 Å². The molecule has 0 spiro atoms. The summed E-state index contributed by atoms with van der Waals surface area (Å²) in [5, 5.41) is 2.67. The Morgan fingerprint density at radius 2 is 1.75 bits per heavy atom. The van der Waals surface area contributed by atoms with Crippen LogP contribution in [0.4, 0.5) is 5.69 Å². The number of carbonyl (C=O) groups is 3. The number of nitrogens with one attached hydrogen (secondary N) is 1. The zero-order valence-electron chi connectivity index (χ0n) is 15.4. The van der Waals surface area contributed by atoms with E-state index in [4.69, 9.17) is 15.2 Å². The van der Waals surface area contributed by atoms with Crippen LogP contribution in [-0.4, -0.2) is 36.2 Å². The van der Waals surface area contributed by atoms with Gasteiger partial charge in [-0.1, -0.05) is 37.3 Å². The van der Waals surface area contributed by atoms with Gasteiger partial charge in [0.2, 0.25) is 5.91 Å². The molecular formula is C20H22N2O5S. The zero-order chi connectivity index (χ0) is 20.4. The van der Waals surface area contributed by atoms with Crippen molar-refractivity contribution in [3.05, 3.63) is 54.6 Å². The van der Waals surface area contributed by atoms with E-state index in [-0.39, 0.29) is 5.75 Å². The summed E-state index contributed by atoms with van der Waals surface area (Å²) in [6, 6.07) is 15.9. The van der Waals surface area contributed by atoms with Gasteiger partial charge in [-0.05, 0) is 30.7 Å². The molecule has 0 aromatic heterocycles. The van der Waals surface area contributed by atoms with Gasteiger partial charge in [-0.15, -0.1) is 11.8 Å². The number of anilines is 1. The Bertz CT molecular complexity index is 813. The molecule has 148 valence electrons. The van der Waals surface area contributed by atoms with E-state index < -0.39 is 30.5 Å². The van der Waals surface area contributed by atoms with Crippen molar-refractivity contribution in [1.29, 1.82) is 0 Å². The predicted octanol–water partition coefficient (Wildman–Crippen LogP) is 2.60. The first-order valence-corrected chi connectivity index (χ1v) is 9.66. The smallest absolute Gasteiger partial charge is 0.347 e. The van der Waals surface area contributed by atoms with Crippen LogP contribution < -0.4 is 15.8 Å². The van der Waals surface area contributed by atoms with Gasteiger partial charge in [-0.3, -0.25) is 9.59 Å². The molecule has 0 heterocycles. The number of amides is 2. The second-order valence-electron chi connectivity index (χ2n) is 5.73. The fraction of sp³-hybridized carbons (Fsp3) is 0.250. The van der Waals surface area contributed by atoms with Gasteiger partial charge in [0, 0.05) is 4.90 Å². The molecule has 2 amide bonds. The molecule has 0 unspecified atom stereocenters. The topological polar surface area (TPSA) is 108 Å². The summed E-state index contributed by atoms with van der Waals surface area (Å²) in [5.41, 5.74) is 5.67. The second kappa shape index (κ2) is 11.0. The van der Waals surface area contributed by atoms with E-state index in [1.165, 1.54) is 11.8 Å². The Kier molecular flexibility index (Phi) is 8.36. The number of esters is 1. The molecule has 3 N–H and O–H groups in total. The third kappa shape index (κ3) is 6.96. The van der Waals surface area contributed by atoms with Gasteiger partial charge in [0.05, 0.1) is 11.4 Å². The first-order valence-electron chi connectivity index (χ1n) is 8.68. The Hall–Kier alpha value is -3.00. The van der Waals surface area contributed by atoms with E-state index in [2.05, 4.69) is 5.32 Å². The monoisotopic (exact) mass is 402 g/mol. The minimum Gasteiger partial charge on any atom is -0.479 e. The first-order chi connectivity index (χ1) is 13.5. The number of benzene rings is 2. The van der Waals surface area contributed by atoms with Crippen molar-refractivity contribution < 1.29 is 23.9 Å². The number of rotatable bonds is 10. The Balaban J connectivity index is 1.87. The molecule has 7 nitrogen and oxygen atoms in total. The van der Waals surface area contributed by atoms with Crippen LogP contribution in [0.3, 0.4) is 0 Å². The first kappa shape index (κ1) is 21.3. The lowest BCUT2D eigenvalue weighted by Gasteiger charge is -2.16. The van der Waals surface area contributed by atoms with Gasteiger partial charge < -0.3 is 20.5 Å². The molecule has 2 aromatic carbocycles. The number of para-hydroxylation sites is 2. The number of ether oxygens (including phenoxy) is 2. The summed E-state index contributed by atoms with van der Waals surface area (Å²) in [4.78, 5) is 36.0. The number of primary amides is 1. The minimum absolute atomic E-state index is 0.0941. The highest BCUT2D eigenvalue weighted by Gasteiger charge is 2.21. The summed E-state index contributed by atoms with van der Waals surface area (Å²) >= 11 is 1.21. The fourth-order valence-electron chi connectivity index (χ4n) is 2.22. The van der Waals surface area contributed by atoms with Crippen LogP contribution in [-0.2, 0) is 19.1 Å². The standard InChI is InChI=1S/C20H22N2O5S/c1-2-16(27-14-8-4-3-5-9-14)20(25)26-12-19(24)22-15-10-6-7-11-17(15)28-13-18(21)23/h3-11,16H,2,12-13H2,1H3,(H2,21,23)(H,22,24)/t16-/m1/s1. The van der Waals surface area contributed by atoms with E-state index in [1.54, 1.807) is 55.5 Å². The number of hydrogen-bond acceptors (Lipinski definition) is 6. The third-order valence-electron chi connectivity index (χ3n) is 3.53. The van der Waals surface area contributed by atoms with Crippen LogP contribution in [0.25, 0.3) is 0 Å². The van der Waals surface area contributed by atoms with Crippen molar-refractivity contribution in [2.45, 2.75) is 24.3 Å². The van der Waals surface area contributed by atoms with Gasteiger partial charge in [0.25, 0.3) is 5.91 Å². The summed E-state index contributed by atoms with van der Waals surface area (Å²) in [7, 11) is 0. The van der Waals surface area contributed by atoms with Crippen LogP contribution in [0, 0.1) is 0 Å². The minimum atomic E-state index is -0.798. The van der Waals surface area contributed by atoms with Crippen LogP contribution in [0.1, 0.15) is 13.3 Å². The van der Waals surface area contributed by atoms with Gasteiger partial charge in [0.1, 0.15) is 5.75 Å². The molecule has 0 fully saturated rings. The zero-order valence-corrected chi connectivity index (χ0v) is 16.2. The van der Waals surface area contributed by atoms with Gasteiger partial charge in [0.15, 0.2) is 12.7 Å². The average Bonchev–Trinajstić information content (AvgIpc) is 2.70. The summed E-state index contributed by atoms with van der Waals surface area (Å²) in [6.45, 7) is 1.35. The van der Waals surface area contributed by atoms with Crippen molar-refractivity contribution in [2.24, 2.45) is 5.73 Å². The molecular weight excluding hydrogens is 380 g/mol. The number of hydrogen-bond donors (Lipinski definition) is 2. The molecule has 8 heteroatoms. The molecule has 2 aromatic rings. The van der Waals surface area contributed by atoms with E-state index in [9.17, 15) is 14.4 Å². The maximum atomic E-state index is 12.2. The molecule has 0 aliphatic heterocycles. The van der Waals surface area contributed by atoms with E-state index in [0.717, 1.165) is 0 Å². The maximum Gasteiger partial charge on any atom is 0.347 e. The van der Waals surface area contributed by atoms with Gasteiger partial charge in [-0.25, -0.2) is 4.79 Å². The van der Waals surface area contributed by atoms with Crippen LogP contribution in [0.15, 0.2) is 59.5 Å². The molecule has 0 aliphatic carbocycles. The SMILES string of the molecule is CC[C@@H](Oc1ccccc1)C(=O)OCC(=O)Nc1ccccc1SCC(N)=O. The molecule has 0 saturated carbocycles. The molecule has 1 atom stereocenters. The normalized spacial score (nSPS) is 11.3. The summed E-state index contributed by atoms with van der Waals surface area (Å²) in [6.07, 6.45) is -0.393. The molecule has 0 bridgehead atoms. The van der Waals surface area contributed by atoms with Crippen LogP contribution >= 0.6 is 11.8 Å². The average molecular weight is 402 g/mol. The Morgan fingerprint density at radius 3 is 2.43 bits per heavy atom. The van der Waals surface area contributed by atoms with Crippen LogP contribution in [0.5, 0.6) is 5.75 Å². The molecule has 2 rings (SSSR count). The number of thioether (sulfide) groups is 1. The fourth-order valence-corrected chi connectivity index (χ4v) is 2.97. The largest absolute Gasteiger partial charge is 0.479 e.